The lowest BCUT2D eigenvalue weighted by Crippen LogP contribution is -2.27. The molecule has 5 heteroatoms. The van der Waals surface area contributed by atoms with E-state index in [1.54, 1.807) is 11.4 Å². The molecule has 1 aromatic carbocycles. The Morgan fingerprint density at radius 3 is 2.70 bits per heavy atom. The zero-order chi connectivity index (χ0) is 14.5. The van der Waals surface area contributed by atoms with E-state index in [1.165, 1.54) is 16.9 Å². The fourth-order valence-corrected chi connectivity index (χ4v) is 2.84. The molecule has 2 rings (SSSR count). The molecule has 0 saturated heterocycles. The number of carbonyl (C=O) groups is 1. The average molecular weight is 310 g/mol. The highest BCUT2D eigenvalue weighted by Crippen LogP contribution is 2.15. The van der Waals surface area contributed by atoms with Crippen LogP contribution in [0.1, 0.15) is 27.7 Å². The van der Waals surface area contributed by atoms with Crippen molar-refractivity contribution in [2.45, 2.75) is 25.9 Å². The number of carboxylic acid groups (broad SMARTS) is 1. The third-order valence-corrected chi connectivity index (χ3v) is 4.17. The van der Waals surface area contributed by atoms with Crippen LogP contribution in [-0.2, 0) is 13.0 Å². The fraction of sp³-hybridized carbons (Fsp3) is 0.267. The van der Waals surface area contributed by atoms with Gasteiger partial charge >= 0.3 is 5.97 Å². The predicted octanol–water partition coefficient (Wildman–Crippen LogP) is 3.82. The third kappa shape index (κ3) is 4.34. The number of benzene rings is 1. The maximum Gasteiger partial charge on any atom is 0.336 e. The molecule has 1 unspecified atom stereocenters. The number of nitrogens with one attached hydrogen (secondary N) is 1. The molecule has 106 valence electrons. The first-order valence-electron chi connectivity index (χ1n) is 6.33. The smallest absolute Gasteiger partial charge is 0.336 e. The van der Waals surface area contributed by atoms with E-state index in [-0.39, 0.29) is 0 Å². The van der Waals surface area contributed by atoms with Gasteiger partial charge in [0.15, 0.2) is 0 Å². The summed E-state index contributed by atoms with van der Waals surface area (Å²) in [6, 6.07) is 9.85. The highest BCUT2D eigenvalue weighted by atomic mass is 35.5. The van der Waals surface area contributed by atoms with Crippen LogP contribution in [0.4, 0.5) is 0 Å². The molecule has 1 aromatic heterocycles. The van der Waals surface area contributed by atoms with Crippen molar-refractivity contribution in [1.82, 2.24) is 5.32 Å². The van der Waals surface area contributed by atoms with Gasteiger partial charge in [-0.3, -0.25) is 0 Å². The molecule has 1 atom stereocenters. The van der Waals surface area contributed by atoms with E-state index >= 15 is 0 Å². The van der Waals surface area contributed by atoms with Crippen molar-refractivity contribution in [2.24, 2.45) is 0 Å². The number of carboxylic acids is 1. The fourth-order valence-electron chi connectivity index (χ4n) is 1.91. The van der Waals surface area contributed by atoms with Gasteiger partial charge in [-0.05, 0) is 37.1 Å². The van der Waals surface area contributed by atoms with Crippen molar-refractivity contribution < 1.29 is 9.90 Å². The Morgan fingerprint density at radius 2 is 2.10 bits per heavy atom. The zero-order valence-corrected chi connectivity index (χ0v) is 12.7. The topological polar surface area (TPSA) is 49.3 Å². The molecule has 2 N–H and O–H groups in total. The quantitative estimate of drug-likeness (QED) is 0.853. The molecule has 0 amide bonds. The lowest BCUT2D eigenvalue weighted by Gasteiger charge is -2.13. The van der Waals surface area contributed by atoms with Crippen molar-refractivity contribution in [1.29, 1.82) is 0 Å². The van der Waals surface area contributed by atoms with E-state index < -0.39 is 5.97 Å². The van der Waals surface area contributed by atoms with Crippen LogP contribution in [0, 0.1) is 0 Å². The van der Waals surface area contributed by atoms with Crippen LogP contribution in [0.25, 0.3) is 0 Å². The van der Waals surface area contributed by atoms with Crippen molar-refractivity contribution >= 4 is 28.9 Å². The summed E-state index contributed by atoms with van der Waals surface area (Å²) in [7, 11) is 0. The molecular weight excluding hydrogens is 294 g/mol. The summed E-state index contributed by atoms with van der Waals surface area (Å²) in [5.41, 5.74) is 1.59. The molecule has 0 radical (unpaired) electrons. The van der Waals surface area contributed by atoms with Crippen molar-refractivity contribution in [3.63, 3.8) is 0 Å². The third-order valence-electron chi connectivity index (χ3n) is 2.98. The number of aromatic carboxylic acids is 1. The SMILES string of the molecule is CC(Cc1ccc(Cl)cc1)NCc1cc(C(=O)O)cs1. The van der Waals surface area contributed by atoms with Crippen LogP contribution in [-0.4, -0.2) is 17.1 Å². The molecule has 0 aliphatic carbocycles. The van der Waals surface area contributed by atoms with Gasteiger partial charge in [-0.25, -0.2) is 4.79 Å². The summed E-state index contributed by atoms with van der Waals surface area (Å²) in [5, 5.41) is 14.7. The van der Waals surface area contributed by atoms with Gasteiger partial charge in [0, 0.05) is 27.9 Å². The van der Waals surface area contributed by atoms with E-state index in [2.05, 4.69) is 12.2 Å². The van der Waals surface area contributed by atoms with E-state index in [1.807, 2.05) is 24.3 Å². The molecule has 0 saturated carbocycles. The van der Waals surface area contributed by atoms with Gasteiger partial charge in [-0.2, -0.15) is 0 Å². The van der Waals surface area contributed by atoms with Gasteiger partial charge < -0.3 is 10.4 Å². The molecule has 3 nitrogen and oxygen atoms in total. The minimum absolute atomic E-state index is 0.312. The Balaban J connectivity index is 1.83. The maximum absolute atomic E-state index is 10.8. The number of thiophene rings is 1. The van der Waals surface area contributed by atoms with Crippen LogP contribution >= 0.6 is 22.9 Å². The van der Waals surface area contributed by atoms with Crippen LogP contribution in [0.2, 0.25) is 5.02 Å². The van der Waals surface area contributed by atoms with Gasteiger partial charge in [0.25, 0.3) is 0 Å². The molecule has 0 fully saturated rings. The van der Waals surface area contributed by atoms with Crippen LogP contribution in [0.5, 0.6) is 0 Å². The first-order valence-corrected chi connectivity index (χ1v) is 7.59. The van der Waals surface area contributed by atoms with Crippen molar-refractivity contribution in [3.05, 3.63) is 56.7 Å². The molecule has 0 spiro atoms. The number of halogens is 1. The molecule has 1 heterocycles. The van der Waals surface area contributed by atoms with Crippen LogP contribution in [0.3, 0.4) is 0 Å². The summed E-state index contributed by atoms with van der Waals surface area (Å²) in [4.78, 5) is 11.8. The van der Waals surface area contributed by atoms with E-state index in [4.69, 9.17) is 16.7 Å². The summed E-state index contributed by atoms with van der Waals surface area (Å²) in [5.74, 6) is -0.873. The average Bonchev–Trinajstić information content (AvgIpc) is 2.88. The lowest BCUT2D eigenvalue weighted by atomic mass is 10.1. The predicted molar refractivity (Wildman–Crippen MR) is 82.7 cm³/mol. The van der Waals surface area contributed by atoms with Gasteiger partial charge in [0.2, 0.25) is 0 Å². The van der Waals surface area contributed by atoms with E-state index in [0.717, 1.165) is 16.3 Å². The first kappa shape index (κ1) is 15.0. The Morgan fingerprint density at radius 1 is 1.40 bits per heavy atom. The Hall–Kier alpha value is -1.36. The van der Waals surface area contributed by atoms with E-state index in [9.17, 15) is 4.79 Å². The summed E-state index contributed by atoms with van der Waals surface area (Å²) in [6.45, 7) is 2.80. The Kier molecular flexibility index (Phi) is 5.17. The normalized spacial score (nSPS) is 12.3. The Bertz CT molecular complexity index is 580. The second-order valence-electron chi connectivity index (χ2n) is 4.72. The second kappa shape index (κ2) is 6.88. The minimum atomic E-state index is -0.873. The largest absolute Gasteiger partial charge is 0.478 e. The van der Waals surface area contributed by atoms with Crippen LogP contribution in [0.15, 0.2) is 35.7 Å². The molecular formula is C15H16ClNO2S. The Labute approximate surface area is 127 Å². The highest BCUT2D eigenvalue weighted by molar-refractivity contribution is 7.10. The molecule has 20 heavy (non-hydrogen) atoms. The van der Waals surface area contributed by atoms with E-state index in [0.29, 0.717) is 18.2 Å². The number of hydrogen-bond acceptors (Lipinski definition) is 3. The summed E-state index contributed by atoms with van der Waals surface area (Å²) >= 11 is 7.32. The van der Waals surface area contributed by atoms with Crippen LogP contribution < -0.4 is 5.32 Å². The molecule has 0 aliphatic rings. The number of rotatable bonds is 6. The maximum atomic E-state index is 10.8. The zero-order valence-electron chi connectivity index (χ0n) is 11.1. The molecule has 0 bridgehead atoms. The van der Waals surface area contributed by atoms with Crippen molar-refractivity contribution in [2.75, 3.05) is 0 Å². The van der Waals surface area contributed by atoms with Gasteiger partial charge in [-0.1, -0.05) is 23.7 Å². The lowest BCUT2D eigenvalue weighted by molar-refractivity contribution is 0.0697. The number of hydrogen-bond donors (Lipinski definition) is 2. The summed E-state index contributed by atoms with van der Waals surface area (Å²) in [6.07, 6.45) is 0.911. The van der Waals surface area contributed by atoms with Gasteiger partial charge in [0.1, 0.15) is 0 Å². The molecule has 2 aromatic rings. The van der Waals surface area contributed by atoms with Gasteiger partial charge in [0.05, 0.1) is 5.56 Å². The monoisotopic (exact) mass is 309 g/mol. The van der Waals surface area contributed by atoms with Gasteiger partial charge in [-0.15, -0.1) is 11.3 Å². The highest BCUT2D eigenvalue weighted by Gasteiger charge is 2.08. The van der Waals surface area contributed by atoms with Crippen molar-refractivity contribution in [3.8, 4) is 0 Å². The second-order valence-corrected chi connectivity index (χ2v) is 6.15. The summed E-state index contributed by atoms with van der Waals surface area (Å²) < 4.78 is 0. The molecule has 0 aliphatic heterocycles. The first-order chi connectivity index (χ1) is 9.54. The minimum Gasteiger partial charge on any atom is -0.478 e. The standard InChI is InChI=1S/C15H16ClNO2S/c1-10(6-11-2-4-13(16)5-3-11)17-8-14-7-12(9-20-14)15(18)19/h2-5,7,9-10,17H,6,8H2,1H3,(H,18,19).